The van der Waals surface area contributed by atoms with Gasteiger partial charge in [-0.2, -0.15) is 5.26 Å². The molecule has 0 aromatic heterocycles. The molecule has 1 saturated heterocycles. The van der Waals surface area contributed by atoms with Crippen molar-refractivity contribution < 1.29 is 0 Å². The summed E-state index contributed by atoms with van der Waals surface area (Å²) in [5.74, 6) is 0. The van der Waals surface area contributed by atoms with Crippen LogP contribution in [0.5, 0.6) is 0 Å². The third-order valence-corrected chi connectivity index (χ3v) is 4.61. The number of likely N-dealkylation sites (tertiary alicyclic amines) is 1. The van der Waals surface area contributed by atoms with E-state index in [1.807, 2.05) is 0 Å². The normalized spacial score (nSPS) is 32.4. The van der Waals surface area contributed by atoms with E-state index in [0.29, 0.717) is 6.04 Å². The zero-order valence-corrected chi connectivity index (χ0v) is 11.7. The predicted molar refractivity (Wildman–Crippen MR) is 74.3 cm³/mol. The number of nitrogens with one attached hydrogen (secondary N) is 1. The Labute approximate surface area is 112 Å². The number of nitriles is 1. The monoisotopic (exact) mass is 249 g/mol. The van der Waals surface area contributed by atoms with Crippen LogP contribution in [0.4, 0.5) is 0 Å². The minimum absolute atomic E-state index is 0.250. The lowest BCUT2D eigenvalue weighted by Gasteiger charge is -2.31. The van der Waals surface area contributed by atoms with Gasteiger partial charge in [-0.3, -0.25) is 5.32 Å². The van der Waals surface area contributed by atoms with Gasteiger partial charge in [0.2, 0.25) is 0 Å². The molecule has 0 amide bonds. The molecule has 3 nitrogen and oxygen atoms in total. The molecule has 0 bridgehead atoms. The van der Waals surface area contributed by atoms with Gasteiger partial charge in [-0.15, -0.1) is 0 Å². The molecule has 1 saturated carbocycles. The van der Waals surface area contributed by atoms with E-state index in [2.05, 4.69) is 23.3 Å². The summed E-state index contributed by atoms with van der Waals surface area (Å²) in [4.78, 5) is 2.36. The molecular weight excluding hydrogens is 222 g/mol. The average Bonchev–Trinajstić information content (AvgIpc) is 2.72. The number of hydrogen-bond acceptors (Lipinski definition) is 3. The Kier molecular flexibility index (Phi) is 5.03. The first-order valence-electron chi connectivity index (χ1n) is 7.62. The first-order chi connectivity index (χ1) is 8.74. The highest BCUT2D eigenvalue weighted by molar-refractivity contribution is 5.09. The molecule has 0 spiro atoms. The highest BCUT2D eigenvalue weighted by Gasteiger charge is 2.33. The quantitative estimate of drug-likeness (QED) is 0.765. The van der Waals surface area contributed by atoms with Crippen molar-refractivity contribution >= 4 is 0 Å². The van der Waals surface area contributed by atoms with Crippen molar-refractivity contribution in [1.82, 2.24) is 10.2 Å². The third kappa shape index (κ3) is 3.70. The van der Waals surface area contributed by atoms with Crippen molar-refractivity contribution in [2.45, 2.75) is 69.4 Å². The van der Waals surface area contributed by atoms with Crippen molar-refractivity contribution in [2.24, 2.45) is 0 Å². The highest BCUT2D eigenvalue weighted by atomic mass is 15.1. The van der Waals surface area contributed by atoms with Crippen molar-refractivity contribution in [3.8, 4) is 6.07 Å². The van der Waals surface area contributed by atoms with Gasteiger partial charge in [0.15, 0.2) is 0 Å². The zero-order valence-electron chi connectivity index (χ0n) is 11.7. The van der Waals surface area contributed by atoms with Crippen LogP contribution < -0.4 is 5.32 Å². The van der Waals surface area contributed by atoms with E-state index in [9.17, 15) is 5.26 Å². The molecule has 18 heavy (non-hydrogen) atoms. The van der Waals surface area contributed by atoms with Crippen LogP contribution in [0.25, 0.3) is 0 Å². The maximum absolute atomic E-state index is 9.62. The smallest absolute Gasteiger partial charge is 0.108 e. The van der Waals surface area contributed by atoms with Gasteiger partial charge >= 0.3 is 0 Å². The first kappa shape index (κ1) is 13.8. The summed E-state index contributed by atoms with van der Waals surface area (Å²) < 4.78 is 0. The molecule has 1 N–H and O–H groups in total. The number of rotatable bonds is 2. The van der Waals surface area contributed by atoms with Crippen LogP contribution in [0, 0.1) is 11.3 Å². The first-order valence-corrected chi connectivity index (χ1v) is 7.62. The van der Waals surface area contributed by atoms with Crippen molar-refractivity contribution in [3.63, 3.8) is 0 Å². The maximum Gasteiger partial charge on any atom is 0.108 e. The van der Waals surface area contributed by atoms with Gasteiger partial charge in [0.25, 0.3) is 0 Å². The van der Waals surface area contributed by atoms with E-state index in [4.69, 9.17) is 0 Å². The van der Waals surface area contributed by atoms with Gasteiger partial charge in [-0.1, -0.05) is 25.7 Å². The lowest BCUT2D eigenvalue weighted by Crippen LogP contribution is -2.49. The summed E-state index contributed by atoms with van der Waals surface area (Å²) in [6, 6.07) is 3.19. The Morgan fingerprint density at radius 1 is 1.06 bits per heavy atom. The molecule has 0 aromatic carbocycles. The number of hydrogen-bond donors (Lipinski definition) is 1. The molecule has 0 aromatic rings. The van der Waals surface area contributed by atoms with Gasteiger partial charge in [-0.25, -0.2) is 0 Å². The van der Waals surface area contributed by atoms with Crippen LogP contribution in [0.2, 0.25) is 0 Å². The summed E-state index contributed by atoms with van der Waals surface area (Å²) in [5.41, 5.74) is -0.250. The van der Waals surface area contributed by atoms with Crippen LogP contribution in [-0.2, 0) is 0 Å². The average molecular weight is 249 g/mol. The molecule has 0 radical (unpaired) electrons. The fraction of sp³-hybridized carbons (Fsp3) is 0.933. The number of nitrogens with zero attached hydrogens (tertiary/aromatic N) is 2. The standard InChI is InChI=1S/C15H27N3/c1-18-11-6-9-15(13-16,10-12-18)17-14-7-4-2-3-5-8-14/h14,17H,2-12H2,1H3. The molecule has 2 aliphatic rings. The Balaban J connectivity index is 1.96. The molecule has 1 heterocycles. The van der Waals surface area contributed by atoms with E-state index >= 15 is 0 Å². The van der Waals surface area contributed by atoms with Crippen LogP contribution in [0.15, 0.2) is 0 Å². The summed E-state index contributed by atoms with van der Waals surface area (Å²) in [6.07, 6.45) is 11.1. The van der Waals surface area contributed by atoms with Crippen LogP contribution in [-0.4, -0.2) is 36.6 Å². The van der Waals surface area contributed by atoms with Crippen LogP contribution in [0.1, 0.15) is 57.8 Å². The third-order valence-electron chi connectivity index (χ3n) is 4.61. The van der Waals surface area contributed by atoms with Crippen LogP contribution in [0.3, 0.4) is 0 Å². The predicted octanol–water partition coefficient (Wildman–Crippen LogP) is 2.68. The van der Waals surface area contributed by atoms with Crippen LogP contribution >= 0.6 is 0 Å². The fourth-order valence-electron chi connectivity index (χ4n) is 3.37. The largest absolute Gasteiger partial charge is 0.306 e. The van der Waals surface area contributed by atoms with Gasteiger partial charge in [0, 0.05) is 12.6 Å². The molecule has 1 aliphatic carbocycles. The topological polar surface area (TPSA) is 39.1 Å². The highest BCUT2D eigenvalue weighted by Crippen LogP contribution is 2.25. The molecular formula is C15H27N3. The molecule has 2 rings (SSSR count). The molecule has 3 heteroatoms. The van der Waals surface area contributed by atoms with Crippen molar-refractivity contribution in [2.75, 3.05) is 20.1 Å². The van der Waals surface area contributed by atoms with Crippen molar-refractivity contribution in [3.05, 3.63) is 0 Å². The second kappa shape index (κ2) is 6.54. The summed E-state index contributed by atoms with van der Waals surface area (Å²) in [5, 5.41) is 13.4. The Morgan fingerprint density at radius 3 is 2.44 bits per heavy atom. The Morgan fingerprint density at radius 2 is 1.78 bits per heavy atom. The van der Waals surface area contributed by atoms with E-state index in [1.165, 1.54) is 38.5 Å². The van der Waals surface area contributed by atoms with Gasteiger partial charge in [-0.05, 0) is 45.7 Å². The second-order valence-corrected chi connectivity index (χ2v) is 6.18. The maximum atomic E-state index is 9.62. The molecule has 1 unspecified atom stereocenters. The van der Waals surface area contributed by atoms with Gasteiger partial charge < -0.3 is 4.90 Å². The Hall–Kier alpha value is -0.590. The van der Waals surface area contributed by atoms with Gasteiger partial charge in [0.1, 0.15) is 5.54 Å². The van der Waals surface area contributed by atoms with E-state index in [1.54, 1.807) is 0 Å². The SMILES string of the molecule is CN1CCCC(C#N)(NC2CCCCCC2)CC1. The molecule has 102 valence electrons. The lowest BCUT2D eigenvalue weighted by molar-refractivity contribution is 0.291. The Bertz CT molecular complexity index is 289. The molecule has 1 aliphatic heterocycles. The molecule has 1 atom stereocenters. The van der Waals surface area contributed by atoms with E-state index in [0.717, 1.165) is 32.4 Å². The minimum atomic E-state index is -0.250. The van der Waals surface area contributed by atoms with E-state index < -0.39 is 0 Å². The summed E-state index contributed by atoms with van der Waals surface area (Å²) in [7, 11) is 2.17. The second-order valence-electron chi connectivity index (χ2n) is 6.18. The fourth-order valence-corrected chi connectivity index (χ4v) is 3.37. The molecule has 2 fully saturated rings. The summed E-state index contributed by atoms with van der Waals surface area (Å²) in [6.45, 7) is 2.18. The minimum Gasteiger partial charge on any atom is -0.306 e. The summed E-state index contributed by atoms with van der Waals surface area (Å²) >= 11 is 0. The van der Waals surface area contributed by atoms with E-state index in [-0.39, 0.29) is 5.54 Å². The lowest BCUT2D eigenvalue weighted by atomic mass is 9.90. The van der Waals surface area contributed by atoms with Crippen molar-refractivity contribution in [1.29, 1.82) is 5.26 Å². The van der Waals surface area contributed by atoms with Gasteiger partial charge in [0.05, 0.1) is 6.07 Å². The zero-order chi connectivity index (χ0) is 12.8.